The van der Waals surface area contributed by atoms with Gasteiger partial charge in [-0.05, 0) is 37.7 Å². The number of aryl methyl sites for hydroxylation is 1. The topological polar surface area (TPSA) is 58.4 Å². The lowest BCUT2D eigenvalue weighted by Crippen LogP contribution is -2.45. The van der Waals surface area contributed by atoms with Gasteiger partial charge in [-0.15, -0.1) is 0 Å². The van der Waals surface area contributed by atoms with E-state index >= 15 is 0 Å². The Bertz CT molecular complexity index is 517. The van der Waals surface area contributed by atoms with Gasteiger partial charge in [0.05, 0.1) is 5.69 Å². The van der Waals surface area contributed by atoms with Crippen LogP contribution in [0.15, 0.2) is 12.3 Å². The quantitative estimate of drug-likeness (QED) is 0.722. The molecule has 3 rings (SSSR count). The SMILES string of the molecule is Cc1ccn(C(=O)N2CCC3(CCN(C=O)C3)CC2)n1. The summed E-state index contributed by atoms with van der Waals surface area (Å²) in [5, 5.41) is 4.17. The first-order valence-corrected chi connectivity index (χ1v) is 7.13. The van der Waals surface area contributed by atoms with Gasteiger partial charge < -0.3 is 9.80 Å². The molecule has 0 aromatic carbocycles. The maximum Gasteiger partial charge on any atom is 0.344 e. The number of carbonyl (C=O) groups is 2. The van der Waals surface area contributed by atoms with Crippen LogP contribution in [0.2, 0.25) is 0 Å². The molecule has 6 heteroatoms. The van der Waals surface area contributed by atoms with Gasteiger partial charge in [0.25, 0.3) is 0 Å². The molecule has 2 amide bonds. The van der Waals surface area contributed by atoms with Crippen molar-refractivity contribution in [1.29, 1.82) is 0 Å². The predicted molar refractivity (Wildman–Crippen MR) is 73.3 cm³/mol. The van der Waals surface area contributed by atoms with E-state index in [2.05, 4.69) is 5.10 Å². The van der Waals surface area contributed by atoms with Crippen molar-refractivity contribution in [3.63, 3.8) is 0 Å². The van der Waals surface area contributed by atoms with Crippen LogP contribution in [0.4, 0.5) is 4.79 Å². The van der Waals surface area contributed by atoms with Crippen LogP contribution in [-0.4, -0.2) is 58.2 Å². The Balaban J connectivity index is 1.61. The fourth-order valence-electron chi connectivity index (χ4n) is 3.31. The second-order valence-electron chi connectivity index (χ2n) is 6.00. The van der Waals surface area contributed by atoms with Gasteiger partial charge in [0, 0.05) is 32.4 Å². The number of carbonyl (C=O) groups excluding carboxylic acids is 2. The first-order valence-electron chi connectivity index (χ1n) is 7.13. The summed E-state index contributed by atoms with van der Waals surface area (Å²) < 4.78 is 1.42. The van der Waals surface area contributed by atoms with E-state index in [4.69, 9.17) is 0 Å². The summed E-state index contributed by atoms with van der Waals surface area (Å²) in [5.41, 5.74) is 1.09. The van der Waals surface area contributed by atoms with E-state index in [1.54, 1.807) is 6.20 Å². The second kappa shape index (κ2) is 4.92. The Labute approximate surface area is 118 Å². The van der Waals surface area contributed by atoms with Gasteiger partial charge in [-0.25, -0.2) is 4.79 Å². The van der Waals surface area contributed by atoms with E-state index in [-0.39, 0.29) is 11.4 Å². The Hall–Kier alpha value is -1.85. The summed E-state index contributed by atoms with van der Waals surface area (Å²) in [4.78, 5) is 26.9. The zero-order valence-electron chi connectivity index (χ0n) is 11.8. The van der Waals surface area contributed by atoms with E-state index < -0.39 is 0 Å². The molecule has 3 heterocycles. The van der Waals surface area contributed by atoms with Gasteiger partial charge in [0.1, 0.15) is 0 Å². The van der Waals surface area contributed by atoms with Crippen LogP contribution in [-0.2, 0) is 4.79 Å². The van der Waals surface area contributed by atoms with Crippen LogP contribution in [0.5, 0.6) is 0 Å². The lowest BCUT2D eigenvalue weighted by Gasteiger charge is -2.38. The molecule has 2 saturated heterocycles. The largest absolute Gasteiger partial charge is 0.345 e. The normalized spacial score (nSPS) is 21.4. The van der Waals surface area contributed by atoms with E-state index in [1.165, 1.54) is 4.68 Å². The Kier molecular flexibility index (Phi) is 3.23. The number of amides is 2. The van der Waals surface area contributed by atoms with Crippen LogP contribution in [0.3, 0.4) is 0 Å². The standard InChI is InChI=1S/C14H20N4O2/c1-12-2-6-18(15-12)13(20)17-8-4-14(5-9-17)3-7-16(10-14)11-19/h2,6,11H,3-5,7-10H2,1H3. The zero-order chi connectivity index (χ0) is 14.2. The minimum atomic E-state index is -0.0433. The summed E-state index contributed by atoms with van der Waals surface area (Å²) in [6.07, 6.45) is 5.67. The number of nitrogens with zero attached hydrogens (tertiary/aromatic N) is 4. The molecule has 0 unspecified atom stereocenters. The minimum absolute atomic E-state index is 0.0433. The van der Waals surface area contributed by atoms with Crippen LogP contribution >= 0.6 is 0 Å². The van der Waals surface area contributed by atoms with E-state index in [0.717, 1.165) is 57.5 Å². The molecule has 20 heavy (non-hydrogen) atoms. The van der Waals surface area contributed by atoms with Gasteiger partial charge in [0.15, 0.2) is 0 Å². The number of hydrogen-bond donors (Lipinski definition) is 0. The van der Waals surface area contributed by atoms with Crippen molar-refractivity contribution in [1.82, 2.24) is 19.6 Å². The third-order valence-electron chi connectivity index (χ3n) is 4.63. The van der Waals surface area contributed by atoms with Gasteiger partial charge >= 0.3 is 6.03 Å². The van der Waals surface area contributed by atoms with Gasteiger partial charge in [-0.3, -0.25) is 4.79 Å². The highest BCUT2D eigenvalue weighted by molar-refractivity contribution is 5.76. The first kappa shape index (κ1) is 13.1. The molecule has 0 bridgehead atoms. The summed E-state index contributed by atoms with van der Waals surface area (Å²) >= 11 is 0. The molecule has 0 radical (unpaired) electrons. The third-order valence-corrected chi connectivity index (χ3v) is 4.63. The van der Waals surface area contributed by atoms with Crippen molar-refractivity contribution in [2.45, 2.75) is 26.2 Å². The molecule has 0 N–H and O–H groups in total. The average Bonchev–Trinajstić information content (AvgIpc) is 3.06. The molecule has 2 fully saturated rings. The van der Waals surface area contributed by atoms with Crippen LogP contribution in [0, 0.1) is 12.3 Å². The minimum Gasteiger partial charge on any atom is -0.345 e. The Morgan fingerprint density at radius 2 is 2.00 bits per heavy atom. The molecule has 1 aromatic heterocycles. The smallest absolute Gasteiger partial charge is 0.344 e. The van der Waals surface area contributed by atoms with Gasteiger partial charge in [0.2, 0.25) is 6.41 Å². The van der Waals surface area contributed by atoms with Crippen LogP contribution < -0.4 is 0 Å². The molecule has 6 nitrogen and oxygen atoms in total. The van der Waals surface area contributed by atoms with Crippen molar-refractivity contribution in [3.05, 3.63) is 18.0 Å². The van der Waals surface area contributed by atoms with E-state index in [1.807, 2.05) is 22.8 Å². The van der Waals surface area contributed by atoms with Crippen LogP contribution in [0.25, 0.3) is 0 Å². The molecule has 1 aromatic rings. The maximum atomic E-state index is 12.3. The van der Waals surface area contributed by atoms with Crippen molar-refractivity contribution < 1.29 is 9.59 Å². The average molecular weight is 276 g/mol. The highest BCUT2D eigenvalue weighted by Gasteiger charge is 2.41. The Morgan fingerprint density at radius 3 is 2.55 bits per heavy atom. The lowest BCUT2D eigenvalue weighted by atomic mass is 9.78. The summed E-state index contributed by atoms with van der Waals surface area (Å²) in [6.45, 7) is 5.09. The molecule has 0 saturated carbocycles. The molecule has 0 atom stereocenters. The first-order chi connectivity index (χ1) is 9.62. The van der Waals surface area contributed by atoms with Gasteiger partial charge in [-0.2, -0.15) is 9.78 Å². The molecule has 2 aliphatic heterocycles. The van der Waals surface area contributed by atoms with Crippen molar-refractivity contribution in [3.8, 4) is 0 Å². The molecule has 108 valence electrons. The molecular weight excluding hydrogens is 256 g/mol. The van der Waals surface area contributed by atoms with E-state index in [9.17, 15) is 9.59 Å². The highest BCUT2D eigenvalue weighted by Crippen LogP contribution is 2.39. The number of likely N-dealkylation sites (tertiary alicyclic amines) is 2. The third kappa shape index (κ3) is 2.30. The molecule has 0 aliphatic carbocycles. The van der Waals surface area contributed by atoms with Crippen molar-refractivity contribution in [2.75, 3.05) is 26.2 Å². The number of piperidine rings is 1. The number of aromatic nitrogens is 2. The molecule has 2 aliphatic rings. The summed E-state index contributed by atoms with van der Waals surface area (Å²) in [6, 6.07) is 1.79. The summed E-state index contributed by atoms with van der Waals surface area (Å²) in [7, 11) is 0. The summed E-state index contributed by atoms with van der Waals surface area (Å²) in [5.74, 6) is 0. The number of rotatable bonds is 1. The second-order valence-corrected chi connectivity index (χ2v) is 6.00. The van der Waals surface area contributed by atoms with Crippen molar-refractivity contribution >= 4 is 12.4 Å². The highest BCUT2D eigenvalue weighted by atomic mass is 16.2. The maximum absolute atomic E-state index is 12.3. The van der Waals surface area contributed by atoms with E-state index in [0.29, 0.717) is 0 Å². The molecular formula is C14H20N4O2. The van der Waals surface area contributed by atoms with Crippen molar-refractivity contribution in [2.24, 2.45) is 5.41 Å². The number of hydrogen-bond acceptors (Lipinski definition) is 3. The monoisotopic (exact) mass is 276 g/mol. The lowest BCUT2D eigenvalue weighted by molar-refractivity contribution is -0.117. The fraction of sp³-hybridized carbons (Fsp3) is 0.643. The fourth-order valence-corrected chi connectivity index (χ4v) is 3.31. The van der Waals surface area contributed by atoms with Crippen LogP contribution in [0.1, 0.15) is 25.0 Å². The Morgan fingerprint density at radius 1 is 1.30 bits per heavy atom. The molecule has 1 spiro atoms. The zero-order valence-corrected chi connectivity index (χ0v) is 11.8. The van der Waals surface area contributed by atoms with Gasteiger partial charge in [-0.1, -0.05) is 0 Å². The predicted octanol–water partition coefficient (Wildman–Crippen LogP) is 1.10.